The standard InChI is InChI=1S/C8H6BrN3/c9-6-1-2-8(12-5-6)7(11)3-4-10/h1-2,5,11H,3H2. The van der Waals surface area contributed by atoms with Gasteiger partial charge in [-0.2, -0.15) is 5.26 Å². The highest BCUT2D eigenvalue weighted by molar-refractivity contribution is 9.10. The Kier molecular flexibility index (Phi) is 2.94. The topological polar surface area (TPSA) is 60.5 Å². The third kappa shape index (κ3) is 2.14. The summed E-state index contributed by atoms with van der Waals surface area (Å²) in [4.78, 5) is 3.97. The summed E-state index contributed by atoms with van der Waals surface area (Å²) < 4.78 is 0.871. The molecule has 1 aromatic heterocycles. The fraction of sp³-hybridized carbons (Fsp3) is 0.125. The van der Waals surface area contributed by atoms with Gasteiger partial charge in [0, 0.05) is 10.7 Å². The van der Waals surface area contributed by atoms with Crippen molar-refractivity contribution in [3.63, 3.8) is 0 Å². The molecule has 1 heterocycles. The summed E-state index contributed by atoms with van der Waals surface area (Å²) in [6.45, 7) is 0. The van der Waals surface area contributed by atoms with Crippen molar-refractivity contribution in [2.75, 3.05) is 0 Å². The van der Waals surface area contributed by atoms with E-state index in [2.05, 4.69) is 20.9 Å². The largest absolute Gasteiger partial charge is 0.302 e. The Labute approximate surface area is 78.7 Å². The van der Waals surface area contributed by atoms with Gasteiger partial charge in [0.25, 0.3) is 0 Å². The molecule has 0 saturated heterocycles. The van der Waals surface area contributed by atoms with Crippen molar-refractivity contribution in [1.82, 2.24) is 4.98 Å². The first-order valence-electron chi connectivity index (χ1n) is 3.30. The Morgan fingerprint density at radius 3 is 2.92 bits per heavy atom. The molecular formula is C8H6BrN3. The molecule has 0 radical (unpaired) electrons. The maximum atomic E-state index is 8.32. The van der Waals surface area contributed by atoms with Crippen LogP contribution in [0.25, 0.3) is 0 Å². The van der Waals surface area contributed by atoms with Gasteiger partial charge in [0.05, 0.1) is 23.9 Å². The van der Waals surface area contributed by atoms with E-state index in [0.717, 1.165) is 4.47 Å². The lowest BCUT2D eigenvalue weighted by molar-refractivity contribution is 1.22. The van der Waals surface area contributed by atoms with E-state index >= 15 is 0 Å². The van der Waals surface area contributed by atoms with Crippen LogP contribution < -0.4 is 0 Å². The molecule has 12 heavy (non-hydrogen) atoms. The number of pyridine rings is 1. The lowest BCUT2D eigenvalue weighted by atomic mass is 10.2. The number of halogens is 1. The van der Waals surface area contributed by atoms with E-state index in [1.54, 1.807) is 18.3 Å². The van der Waals surface area contributed by atoms with Gasteiger partial charge in [0.1, 0.15) is 0 Å². The monoisotopic (exact) mass is 223 g/mol. The highest BCUT2D eigenvalue weighted by Crippen LogP contribution is 2.08. The zero-order valence-electron chi connectivity index (χ0n) is 6.21. The molecule has 0 fully saturated rings. The molecule has 0 aromatic carbocycles. The van der Waals surface area contributed by atoms with E-state index in [1.165, 1.54) is 0 Å². The summed E-state index contributed by atoms with van der Waals surface area (Å²) in [6.07, 6.45) is 1.72. The van der Waals surface area contributed by atoms with Gasteiger partial charge in [0.15, 0.2) is 0 Å². The average molecular weight is 224 g/mol. The van der Waals surface area contributed by atoms with Crippen LogP contribution in [0.2, 0.25) is 0 Å². The van der Waals surface area contributed by atoms with Crippen LogP contribution in [0.3, 0.4) is 0 Å². The zero-order chi connectivity index (χ0) is 8.97. The van der Waals surface area contributed by atoms with Crippen LogP contribution in [0.4, 0.5) is 0 Å². The van der Waals surface area contributed by atoms with Crippen LogP contribution in [0, 0.1) is 16.7 Å². The predicted octanol–water partition coefficient (Wildman–Crippen LogP) is 2.13. The van der Waals surface area contributed by atoms with Crippen molar-refractivity contribution in [3.05, 3.63) is 28.5 Å². The molecule has 1 rings (SSSR count). The van der Waals surface area contributed by atoms with Crippen molar-refractivity contribution >= 4 is 21.6 Å². The minimum Gasteiger partial charge on any atom is -0.302 e. The first-order chi connectivity index (χ1) is 5.74. The average Bonchev–Trinajstić information content (AvgIpc) is 2.06. The van der Waals surface area contributed by atoms with Crippen molar-refractivity contribution < 1.29 is 0 Å². The van der Waals surface area contributed by atoms with Crippen molar-refractivity contribution in [2.24, 2.45) is 0 Å². The summed E-state index contributed by atoms with van der Waals surface area (Å²) in [6, 6.07) is 5.42. The molecule has 60 valence electrons. The molecule has 3 nitrogen and oxygen atoms in total. The number of nitrogens with one attached hydrogen (secondary N) is 1. The van der Waals surface area contributed by atoms with Crippen LogP contribution in [0.15, 0.2) is 22.8 Å². The number of nitrogens with zero attached hydrogens (tertiary/aromatic N) is 2. The Balaban J connectivity index is 2.84. The van der Waals surface area contributed by atoms with Crippen LogP contribution in [0.1, 0.15) is 12.1 Å². The van der Waals surface area contributed by atoms with Crippen LogP contribution in [-0.4, -0.2) is 10.7 Å². The molecule has 0 saturated carbocycles. The fourth-order valence-electron chi connectivity index (χ4n) is 0.724. The highest BCUT2D eigenvalue weighted by Gasteiger charge is 2.00. The minimum atomic E-state index is 0.106. The van der Waals surface area contributed by atoms with Gasteiger partial charge in [0.2, 0.25) is 0 Å². The Hall–Kier alpha value is -1.21. The second-order valence-electron chi connectivity index (χ2n) is 2.18. The Bertz CT molecular complexity index is 323. The highest BCUT2D eigenvalue weighted by atomic mass is 79.9. The lowest BCUT2D eigenvalue weighted by Crippen LogP contribution is -1.99. The number of nitriles is 1. The second kappa shape index (κ2) is 3.98. The van der Waals surface area contributed by atoms with Gasteiger partial charge < -0.3 is 5.41 Å². The molecule has 0 spiro atoms. The maximum absolute atomic E-state index is 8.32. The summed E-state index contributed by atoms with van der Waals surface area (Å²) in [5.41, 5.74) is 0.810. The van der Waals surface area contributed by atoms with E-state index < -0.39 is 0 Å². The third-order valence-corrected chi connectivity index (χ3v) is 1.76. The third-order valence-electron chi connectivity index (χ3n) is 1.29. The lowest BCUT2D eigenvalue weighted by Gasteiger charge is -1.97. The molecule has 0 atom stereocenters. The van der Waals surface area contributed by atoms with E-state index in [-0.39, 0.29) is 12.1 Å². The van der Waals surface area contributed by atoms with E-state index in [9.17, 15) is 0 Å². The van der Waals surface area contributed by atoms with E-state index in [4.69, 9.17) is 10.7 Å². The minimum absolute atomic E-state index is 0.106. The number of aromatic nitrogens is 1. The Morgan fingerprint density at radius 2 is 2.42 bits per heavy atom. The van der Waals surface area contributed by atoms with Gasteiger partial charge in [-0.3, -0.25) is 4.98 Å². The van der Waals surface area contributed by atoms with Gasteiger partial charge in [-0.1, -0.05) is 0 Å². The smallest absolute Gasteiger partial charge is 0.0848 e. The van der Waals surface area contributed by atoms with Crippen LogP contribution in [0.5, 0.6) is 0 Å². The molecule has 1 N–H and O–H groups in total. The normalized spacial score (nSPS) is 9.00. The quantitative estimate of drug-likeness (QED) is 0.782. The zero-order valence-corrected chi connectivity index (χ0v) is 7.80. The Morgan fingerprint density at radius 1 is 1.67 bits per heavy atom. The van der Waals surface area contributed by atoms with Gasteiger partial charge in [-0.15, -0.1) is 0 Å². The second-order valence-corrected chi connectivity index (χ2v) is 3.09. The number of hydrogen-bond acceptors (Lipinski definition) is 3. The molecular weight excluding hydrogens is 218 g/mol. The summed E-state index contributed by atoms with van der Waals surface area (Å²) >= 11 is 3.24. The van der Waals surface area contributed by atoms with Gasteiger partial charge in [-0.25, -0.2) is 0 Å². The SMILES string of the molecule is N#CCC(=N)c1ccc(Br)cn1. The molecule has 0 aliphatic rings. The summed E-state index contributed by atoms with van der Waals surface area (Å²) in [5.74, 6) is 0. The molecule has 1 aromatic rings. The maximum Gasteiger partial charge on any atom is 0.0848 e. The molecule has 4 heteroatoms. The van der Waals surface area contributed by atoms with E-state index in [1.807, 2.05) is 6.07 Å². The van der Waals surface area contributed by atoms with Crippen molar-refractivity contribution in [2.45, 2.75) is 6.42 Å². The molecule has 0 aliphatic carbocycles. The molecule has 0 aliphatic heterocycles. The van der Waals surface area contributed by atoms with E-state index in [0.29, 0.717) is 5.69 Å². The molecule has 0 bridgehead atoms. The van der Waals surface area contributed by atoms with Gasteiger partial charge in [-0.05, 0) is 28.1 Å². The number of rotatable bonds is 2. The fourth-order valence-corrected chi connectivity index (χ4v) is 0.958. The molecule has 0 amide bonds. The first-order valence-corrected chi connectivity index (χ1v) is 4.09. The summed E-state index contributed by atoms with van der Waals surface area (Å²) in [5, 5.41) is 15.7. The van der Waals surface area contributed by atoms with Gasteiger partial charge >= 0.3 is 0 Å². The van der Waals surface area contributed by atoms with Crippen molar-refractivity contribution in [3.8, 4) is 6.07 Å². The predicted molar refractivity (Wildman–Crippen MR) is 49.0 cm³/mol. The summed E-state index contributed by atoms with van der Waals surface area (Å²) in [7, 11) is 0. The number of hydrogen-bond donors (Lipinski definition) is 1. The first kappa shape index (κ1) is 8.88. The van der Waals surface area contributed by atoms with Crippen LogP contribution in [-0.2, 0) is 0 Å². The van der Waals surface area contributed by atoms with Crippen LogP contribution >= 0.6 is 15.9 Å². The van der Waals surface area contributed by atoms with Crippen molar-refractivity contribution in [1.29, 1.82) is 10.7 Å². The molecule has 0 unspecified atom stereocenters.